The van der Waals surface area contributed by atoms with Gasteiger partial charge in [0.25, 0.3) is 0 Å². The first-order chi connectivity index (χ1) is 6.95. The fourth-order valence-electron chi connectivity index (χ4n) is 1.07. The van der Waals surface area contributed by atoms with E-state index in [1.165, 1.54) is 4.90 Å². The van der Waals surface area contributed by atoms with Crippen molar-refractivity contribution in [2.24, 2.45) is 0 Å². The molecule has 2 rings (SSSR count). The van der Waals surface area contributed by atoms with Gasteiger partial charge in [-0.2, -0.15) is 0 Å². The molecule has 0 N–H and O–H groups in total. The van der Waals surface area contributed by atoms with Crippen molar-refractivity contribution < 1.29 is 0 Å². The Bertz CT molecular complexity index is 336. The Labute approximate surface area is 87.4 Å². The quantitative estimate of drug-likeness (QED) is 0.716. The summed E-state index contributed by atoms with van der Waals surface area (Å²) in [6.45, 7) is 0. The zero-order chi connectivity index (χ0) is 9.64. The van der Waals surface area contributed by atoms with Gasteiger partial charge in [-0.25, -0.2) is 9.97 Å². The van der Waals surface area contributed by atoms with Crippen LogP contribution in [0.25, 0.3) is 0 Å². The Balaban J connectivity index is 1.96. The van der Waals surface area contributed by atoms with Crippen LogP contribution in [0.15, 0.2) is 53.7 Å². The average Bonchev–Trinajstić information content (AvgIpc) is 2.29. The molecular weight excluding hydrogens is 192 g/mol. The molecule has 1 aromatic carbocycles. The molecule has 0 radical (unpaired) electrons. The van der Waals surface area contributed by atoms with Gasteiger partial charge in [-0.05, 0) is 18.2 Å². The lowest BCUT2D eigenvalue weighted by molar-refractivity contribution is 1.03. The molecule has 2 nitrogen and oxygen atoms in total. The standard InChI is InChI=1S/C11H10N2S/c1-2-5-10(6-3-1)14-9-11-12-7-4-8-13-11/h1-8H,9H2. The van der Waals surface area contributed by atoms with Crippen LogP contribution in [-0.2, 0) is 5.75 Å². The first kappa shape index (κ1) is 9.21. The van der Waals surface area contributed by atoms with Gasteiger partial charge in [0.1, 0.15) is 5.82 Å². The second-order valence-electron chi connectivity index (χ2n) is 2.77. The molecule has 0 bridgehead atoms. The highest BCUT2D eigenvalue weighted by atomic mass is 32.2. The summed E-state index contributed by atoms with van der Waals surface area (Å²) in [6.07, 6.45) is 3.54. The third-order valence-corrected chi connectivity index (χ3v) is 2.74. The second-order valence-corrected chi connectivity index (χ2v) is 3.82. The first-order valence-corrected chi connectivity index (χ1v) is 5.37. The number of aromatic nitrogens is 2. The highest BCUT2D eigenvalue weighted by Crippen LogP contribution is 2.19. The van der Waals surface area contributed by atoms with Crippen LogP contribution in [0.1, 0.15) is 5.82 Å². The molecule has 14 heavy (non-hydrogen) atoms. The number of rotatable bonds is 3. The minimum atomic E-state index is 0.824. The number of nitrogens with zero attached hydrogens (tertiary/aromatic N) is 2. The molecule has 1 heterocycles. The Morgan fingerprint density at radius 2 is 1.64 bits per heavy atom. The van der Waals surface area contributed by atoms with Gasteiger partial charge < -0.3 is 0 Å². The second kappa shape index (κ2) is 4.77. The maximum absolute atomic E-state index is 4.16. The minimum absolute atomic E-state index is 0.824. The zero-order valence-corrected chi connectivity index (χ0v) is 8.45. The monoisotopic (exact) mass is 202 g/mol. The minimum Gasteiger partial charge on any atom is -0.240 e. The van der Waals surface area contributed by atoms with Gasteiger partial charge in [0, 0.05) is 17.3 Å². The van der Waals surface area contributed by atoms with Crippen molar-refractivity contribution in [2.75, 3.05) is 0 Å². The maximum atomic E-state index is 4.16. The normalized spacial score (nSPS) is 10.0. The van der Waals surface area contributed by atoms with Gasteiger partial charge in [-0.15, -0.1) is 11.8 Å². The van der Waals surface area contributed by atoms with Gasteiger partial charge in [-0.1, -0.05) is 18.2 Å². The zero-order valence-electron chi connectivity index (χ0n) is 7.63. The van der Waals surface area contributed by atoms with Gasteiger partial charge in [0.05, 0.1) is 5.75 Å². The summed E-state index contributed by atoms with van der Waals surface area (Å²) in [7, 11) is 0. The largest absolute Gasteiger partial charge is 0.240 e. The molecule has 1 aromatic heterocycles. The molecule has 0 aliphatic rings. The molecule has 2 aromatic rings. The smallest absolute Gasteiger partial charge is 0.138 e. The Hall–Kier alpha value is -1.35. The fourth-order valence-corrected chi connectivity index (χ4v) is 1.86. The van der Waals surface area contributed by atoms with Crippen molar-refractivity contribution in [1.29, 1.82) is 0 Å². The van der Waals surface area contributed by atoms with Crippen molar-refractivity contribution in [3.05, 3.63) is 54.6 Å². The Morgan fingerprint density at radius 1 is 0.929 bits per heavy atom. The molecule has 70 valence electrons. The molecule has 0 aliphatic heterocycles. The molecule has 0 unspecified atom stereocenters. The van der Waals surface area contributed by atoms with E-state index in [9.17, 15) is 0 Å². The maximum Gasteiger partial charge on any atom is 0.138 e. The SMILES string of the molecule is c1ccc(SCc2ncccn2)cc1. The summed E-state index contributed by atoms with van der Waals surface area (Å²) < 4.78 is 0. The van der Waals surface area contributed by atoms with Crippen LogP contribution in [0.4, 0.5) is 0 Å². The van der Waals surface area contributed by atoms with Crippen LogP contribution in [0, 0.1) is 0 Å². The predicted octanol–water partition coefficient (Wildman–Crippen LogP) is 2.77. The van der Waals surface area contributed by atoms with E-state index in [0.29, 0.717) is 0 Å². The summed E-state index contributed by atoms with van der Waals surface area (Å²) in [5.41, 5.74) is 0. The number of benzene rings is 1. The van der Waals surface area contributed by atoms with Crippen LogP contribution in [0.3, 0.4) is 0 Å². The Morgan fingerprint density at radius 3 is 2.36 bits per heavy atom. The van der Waals surface area contributed by atoms with Crippen LogP contribution >= 0.6 is 11.8 Å². The molecule has 0 atom stereocenters. The van der Waals surface area contributed by atoms with Crippen molar-refractivity contribution in [3.8, 4) is 0 Å². The average molecular weight is 202 g/mol. The van der Waals surface area contributed by atoms with Crippen LogP contribution < -0.4 is 0 Å². The molecule has 0 amide bonds. The topological polar surface area (TPSA) is 25.8 Å². The highest BCUT2D eigenvalue weighted by molar-refractivity contribution is 7.98. The van der Waals surface area contributed by atoms with Crippen molar-refractivity contribution >= 4 is 11.8 Å². The summed E-state index contributed by atoms with van der Waals surface area (Å²) in [6, 6.07) is 12.1. The van der Waals surface area contributed by atoms with Gasteiger partial charge in [0.15, 0.2) is 0 Å². The highest BCUT2D eigenvalue weighted by Gasteiger charge is 1.96. The lowest BCUT2D eigenvalue weighted by Gasteiger charge is -1.99. The van der Waals surface area contributed by atoms with E-state index in [1.807, 2.05) is 24.3 Å². The van der Waals surface area contributed by atoms with E-state index >= 15 is 0 Å². The third-order valence-electron chi connectivity index (χ3n) is 1.73. The number of hydrogen-bond acceptors (Lipinski definition) is 3. The molecular formula is C11H10N2S. The van der Waals surface area contributed by atoms with Gasteiger partial charge in [-0.3, -0.25) is 0 Å². The fraction of sp³-hybridized carbons (Fsp3) is 0.0909. The van der Waals surface area contributed by atoms with E-state index in [2.05, 4.69) is 22.1 Å². The lowest BCUT2D eigenvalue weighted by Crippen LogP contribution is -1.89. The van der Waals surface area contributed by atoms with E-state index in [4.69, 9.17) is 0 Å². The van der Waals surface area contributed by atoms with Crippen LogP contribution in [0.2, 0.25) is 0 Å². The molecule has 3 heteroatoms. The lowest BCUT2D eigenvalue weighted by atomic mass is 10.4. The van der Waals surface area contributed by atoms with Gasteiger partial charge >= 0.3 is 0 Å². The molecule has 0 fully saturated rings. The van der Waals surface area contributed by atoms with Crippen LogP contribution in [-0.4, -0.2) is 9.97 Å². The number of hydrogen-bond donors (Lipinski definition) is 0. The summed E-state index contributed by atoms with van der Waals surface area (Å²) in [5.74, 6) is 1.70. The van der Waals surface area contributed by atoms with E-state index in [0.717, 1.165) is 11.6 Å². The molecule has 0 saturated heterocycles. The molecule has 0 spiro atoms. The van der Waals surface area contributed by atoms with E-state index in [1.54, 1.807) is 24.2 Å². The van der Waals surface area contributed by atoms with Crippen molar-refractivity contribution in [3.63, 3.8) is 0 Å². The molecule has 0 saturated carbocycles. The van der Waals surface area contributed by atoms with Crippen molar-refractivity contribution in [2.45, 2.75) is 10.6 Å². The number of thioether (sulfide) groups is 1. The first-order valence-electron chi connectivity index (χ1n) is 4.39. The summed E-state index contributed by atoms with van der Waals surface area (Å²) >= 11 is 1.75. The summed E-state index contributed by atoms with van der Waals surface area (Å²) in [4.78, 5) is 9.57. The Kier molecular flexibility index (Phi) is 3.14. The summed E-state index contributed by atoms with van der Waals surface area (Å²) in [5, 5.41) is 0. The van der Waals surface area contributed by atoms with Crippen molar-refractivity contribution in [1.82, 2.24) is 9.97 Å². The molecule has 0 aliphatic carbocycles. The van der Waals surface area contributed by atoms with E-state index in [-0.39, 0.29) is 0 Å². The third kappa shape index (κ3) is 2.57. The van der Waals surface area contributed by atoms with Gasteiger partial charge in [0.2, 0.25) is 0 Å². The van der Waals surface area contributed by atoms with Crippen LogP contribution in [0.5, 0.6) is 0 Å². The predicted molar refractivity (Wildman–Crippen MR) is 58.0 cm³/mol. The van der Waals surface area contributed by atoms with E-state index < -0.39 is 0 Å².